The van der Waals surface area contributed by atoms with Gasteiger partial charge in [-0.1, -0.05) is 0 Å². The highest BCUT2D eigenvalue weighted by molar-refractivity contribution is 9.10. The largest absolute Gasteiger partial charge is 0.248 e. The second kappa shape index (κ2) is 5.67. The Morgan fingerprint density at radius 3 is 2.86 bits per heavy atom. The molecule has 0 unspecified atom stereocenters. The average Bonchev–Trinajstić information content (AvgIpc) is 2.92. The number of hydrogen-bond donors (Lipinski definition) is 1. The van der Waals surface area contributed by atoms with Crippen molar-refractivity contribution in [2.75, 3.05) is 0 Å². The third-order valence-electron chi connectivity index (χ3n) is 3.38. The summed E-state index contributed by atoms with van der Waals surface area (Å²) < 4.78 is 55.9. The van der Waals surface area contributed by atoms with Gasteiger partial charge in [0.25, 0.3) is 0 Å². The van der Waals surface area contributed by atoms with E-state index in [9.17, 15) is 17.2 Å². The van der Waals surface area contributed by atoms with E-state index in [0.29, 0.717) is 31.3 Å². The van der Waals surface area contributed by atoms with Gasteiger partial charge in [0.05, 0.1) is 10.5 Å². The second-order valence-corrected chi connectivity index (χ2v) is 7.39. The molecular weight excluding hydrogens is 382 g/mol. The molecule has 1 aromatic carbocycles. The molecule has 0 radical (unpaired) electrons. The van der Waals surface area contributed by atoms with Gasteiger partial charge in [-0.05, 0) is 40.9 Å². The summed E-state index contributed by atoms with van der Waals surface area (Å²) in [5, 5.41) is 3.98. The molecule has 1 aliphatic heterocycles. The van der Waals surface area contributed by atoms with Crippen molar-refractivity contribution < 1.29 is 17.2 Å². The number of hydrogen-bond acceptors (Lipinski definition) is 4. The van der Waals surface area contributed by atoms with Crippen LogP contribution in [0.5, 0.6) is 0 Å². The number of fused-ring (bicyclic) bond motifs is 1. The van der Waals surface area contributed by atoms with E-state index < -0.39 is 32.6 Å². The Labute approximate surface area is 133 Å². The maximum absolute atomic E-state index is 13.9. The van der Waals surface area contributed by atoms with Crippen molar-refractivity contribution in [1.29, 1.82) is 0 Å². The van der Waals surface area contributed by atoms with Crippen LogP contribution in [0.3, 0.4) is 0 Å². The van der Waals surface area contributed by atoms with Crippen molar-refractivity contribution >= 4 is 26.0 Å². The molecule has 2 aromatic rings. The number of rotatable bonds is 3. The minimum atomic E-state index is -4.22. The first kappa shape index (κ1) is 15.5. The van der Waals surface area contributed by atoms with Crippen LogP contribution >= 0.6 is 15.9 Å². The quantitative estimate of drug-likeness (QED) is 0.811. The Kier molecular flexibility index (Phi) is 4.00. The lowest BCUT2D eigenvalue weighted by atomic mass is 10.1. The molecule has 1 aliphatic rings. The molecule has 22 heavy (non-hydrogen) atoms. The summed E-state index contributed by atoms with van der Waals surface area (Å²) in [5.74, 6) is -1.42. The molecule has 0 bridgehead atoms. The molecule has 6 nitrogen and oxygen atoms in total. The van der Waals surface area contributed by atoms with Crippen molar-refractivity contribution in [3.05, 3.63) is 40.4 Å². The number of aromatic nitrogens is 3. The Morgan fingerprint density at radius 1 is 1.32 bits per heavy atom. The fourth-order valence-corrected chi connectivity index (χ4v) is 3.98. The molecule has 0 saturated heterocycles. The Balaban J connectivity index is 1.94. The summed E-state index contributed by atoms with van der Waals surface area (Å²) >= 11 is 2.81. The predicted octanol–water partition coefficient (Wildman–Crippen LogP) is 2.13. The summed E-state index contributed by atoms with van der Waals surface area (Å²) in [6, 6.07) is 0.815. The van der Waals surface area contributed by atoms with Gasteiger partial charge in [0.2, 0.25) is 10.0 Å². The van der Waals surface area contributed by atoms with Crippen LogP contribution in [0.15, 0.2) is 27.8 Å². The van der Waals surface area contributed by atoms with Crippen molar-refractivity contribution in [3.8, 4) is 0 Å². The van der Waals surface area contributed by atoms with Crippen molar-refractivity contribution in [2.45, 2.75) is 30.3 Å². The zero-order valence-electron chi connectivity index (χ0n) is 11.1. The van der Waals surface area contributed by atoms with E-state index in [1.807, 2.05) is 0 Å². The number of benzene rings is 1. The number of nitrogens with one attached hydrogen (secondary N) is 1. The Morgan fingerprint density at radius 2 is 2.09 bits per heavy atom. The normalized spacial score (nSPS) is 18.2. The maximum atomic E-state index is 13.9. The van der Waals surface area contributed by atoms with Crippen molar-refractivity contribution in [1.82, 2.24) is 19.5 Å². The van der Waals surface area contributed by atoms with Gasteiger partial charge in [-0.15, -0.1) is 0 Å². The van der Waals surface area contributed by atoms with E-state index in [-0.39, 0.29) is 4.47 Å². The van der Waals surface area contributed by atoms with Crippen LogP contribution in [-0.2, 0) is 16.6 Å². The number of nitrogens with zero attached hydrogens (tertiary/aromatic N) is 3. The molecule has 118 valence electrons. The molecule has 0 fully saturated rings. The fraction of sp³-hybridized carbons (Fsp3) is 0.333. The fourth-order valence-electron chi connectivity index (χ4n) is 2.36. The van der Waals surface area contributed by atoms with Crippen LogP contribution in [0, 0.1) is 11.6 Å². The summed E-state index contributed by atoms with van der Waals surface area (Å²) in [7, 11) is -4.22. The zero-order chi connectivity index (χ0) is 15.9. The zero-order valence-corrected chi connectivity index (χ0v) is 13.5. The molecule has 0 saturated carbocycles. The second-order valence-electron chi connectivity index (χ2n) is 4.85. The van der Waals surface area contributed by atoms with Crippen LogP contribution in [0.25, 0.3) is 0 Å². The molecule has 0 aliphatic carbocycles. The number of halogens is 3. The van der Waals surface area contributed by atoms with E-state index >= 15 is 0 Å². The highest BCUT2D eigenvalue weighted by Crippen LogP contribution is 2.27. The van der Waals surface area contributed by atoms with Crippen molar-refractivity contribution in [2.24, 2.45) is 0 Å². The van der Waals surface area contributed by atoms with Crippen LogP contribution in [0.2, 0.25) is 0 Å². The lowest BCUT2D eigenvalue weighted by molar-refractivity contribution is 0.399. The minimum Gasteiger partial charge on any atom is -0.248 e. The van der Waals surface area contributed by atoms with Gasteiger partial charge in [0.1, 0.15) is 28.7 Å². The standard InChI is InChI=1S/C12H11BrF2N4O2S/c13-7-4-9(15)11(5-8(7)14)22(20,21)18-10-2-1-3-19-12(10)16-6-17-19/h4-6,10,18H,1-3H2/t10-/m1/s1. The smallest absolute Gasteiger partial charge is 0.244 e. The molecule has 0 spiro atoms. The number of sulfonamides is 1. The van der Waals surface area contributed by atoms with Crippen LogP contribution in [-0.4, -0.2) is 23.2 Å². The summed E-state index contributed by atoms with van der Waals surface area (Å²) in [6.45, 7) is 0.648. The predicted molar refractivity (Wildman–Crippen MR) is 76.4 cm³/mol. The first-order valence-electron chi connectivity index (χ1n) is 6.43. The Bertz CT molecular complexity index is 825. The van der Waals surface area contributed by atoms with Crippen LogP contribution in [0.4, 0.5) is 8.78 Å². The van der Waals surface area contributed by atoms with Gasteiger partial charge in [-0.3, -0.25) is 0 Å². The molecular formula is C12H11BrF2N4O2S. The van der Waals surface area contributed by atoms with Crippen LogP contribution in [0.1, 0.15) is 24.7 Å². The topological polar surface area (TPSA) is 76.9 Å². The molecule has 2 heterocycles. The lowest BCUT2D eigenvalue weighted by Gasteiger charge is -2.23. The van der Waals surface area contributed by atoms with Gasteiger partial charge in [0.15, 0.2) is 0 Å². The SMILES string of the molecule is O=S(=O)(N[C@@H]1CCCn2ncnc21)c1cc(F)c(Br)cc1F. The average molecular weight is 393 g/mol. The molecule has 10 heteroatoms. The van der Waals surface area contributed by atoms with E-state index in [0.717, 1.165) is 6.07 Å². The van der Waals surface area contributed by atoms with E-state index in [1.165, 1.54) is 6.33 Å². The molecule has 3 rings (SSSR count). The monoisotopic (exact) mass is 392 g/mol. The van der Waals surface area contributed by atoms with E-state index in [1.54, 1.807) is 4.68 Å². The van der Waals surface area contributed by atoms with Gasteiger partial charge >= 0.3 is 0 Å². The van der Waals surface area contributed by atoms with Gasteiger partial charge in [-0.2, -0.15) is 5.10 Å². The van der Waals surface area contributed by atoms with E-state index in [2.05, 4.69) is 30.7 Å². The van der Waals surface area contributed by atoms with Gasteiger partial charge in [0, 0.05) is 6.54 Å². The summed E-state index contributed by atoms with van der Waals surface area (Å²) in [5.41, 5.74) is 0. The Hall–Kier alpha value is -1.39. The van der Waals surface area contributed by atoms with Crippen LogP contribution < -0.4 is 4.72 Å². The first-order chi connectivity index (χ1) is 10.4. The van der Waals surface area contributed by atoms with Gasteiger partial charge < -0.3 is 0 Å². The molecule has 0 amide bonds. The molecule has 1 atom stereocenters. The highest BCUT2D eigenvalue weighted by atomic mass is 79.9. The number of aryl methyl sites for hydroxylation is 1. The lowest BCUT2D eigenvalue weighted by Crippen LogP contribution is -2.33. The molecule has 1 N–H and O–H groups in total. The maximum Gasteiger partial charge on any atom is 0.244 e. The van der Waals surface area contributed by atoms with Crippen molar-refractivity contribution in [3.63, 3.8) is 0 Å². The minimum absolute atomic E-state index is 0.138. The van der Waals surface area contributed by atoms with E-state index in [4.69, 9.17) is 0 Å². The third kappa shape index (κ3) is 2.77. The third-order valence-corrected chi connectivity index (χ3v) is 5.48. The summed E-state index contributed by atoms with van der Waals surface area (Å²) in [6.07, 6.45) is 2.56. The first-order valence-corrected chi connectivity index (χ1v) is 8.70. The van der Waals surface area contributed by atoms with Gasteiger partial charge in [-0.25, -0.2) is 31.6 Å². The molecule has 1 aromatic heterocycles. The highest BCUT2D eigenvalue weighted by Gasteiger charge is 2.29. The summed E-state index contributed by atoms with van der Waals surface area (Å²) in [4.78, 5) is 3.29.